The van der Waals surface area contributed by atoms with Gasteiger partial charge in [0.25, 0.3) is 5.91 Å². The van der Waals surface area contributed by atoms with Crippen molar-refractivity contribution in [3.63, 3.8) is 0 Å². The standard InChI is InChI=1S/C19H23N3O2/c1-13-6-5-7-14(2)17(13)21-19(24)18(20-12-23)15-8-10-16(11-9-15)22(3)4/h5-12,18H,1-4H3,(H,20,23)(H,21,24)/t18-/m1/s1. The van der Waals surface area contributed by atoms with E-state index in [-0.39, 0.29) is 5.91 Å². The first-order valence-electron chi connectivity index (χ1n) is 7.78. The van der Waals surface area contributed by atoms with Gasteiger partial charge in [-0.2, -0.15) is 0 Å². The van der Waals surface area contributed by atoms with Gasteiger partial charge in [0.2, 0.25) is 6.41 Å². The Morgan fingerprint density at radius 1 is 1.04 bits per heavy atom. The third-order valence-corrected chi connectivity index (χ3v) is 3.97. The first-order valence-corrected chi connectivity index (χ1v) is 7.78. The largest absolute Gasteiger partial charge is 0.378 e. The molecule has 0 saturated carbocycles. The minimum atomic E-state index is -0.738. The lowest BCUT2D eigenvalue weighted by atomic mass is 10.0. The van der Waals surface area contributed by atoms with Crippen LogP contribution in [0.1, 0.15) is 22.7 Å². The van der Waals surface area contributed by atoms with Crippen LogP contribution in [0.4, 0.5) is 11.4 Å². The lowest BCUT2D eigenvalue weighted by Gasteiger charge is -2.20. The molecule has 2 rings (SSSR count). The molecule has 2 aromatic rings. The molecule has 1 atom stereocenters. The molecule has 0 fully saturated rings. The zero-order valence-electron chi connectivity index (χ0n) is 14.5. The fourth-order valence-electron chi connectivity index (χ4n) is 2.56. The highest BCUT2D eigenvalue weighted by molar-refractivity contribution is 5.97. The van der Waals surface area contributed by atoms with Crippen LogP contribution in [0.5, 0.6) is 0 Å². The predicted octanol–water partition coefficient (Wildman–Crippen LogP) is 2.80. The molecule has 126 valence electrons. The molecule has 2 amide bonds. The smallest absolute Gasteiger partial charge is 0.251 e. The Morgan fingerprint density at radius 2 is 1.62 bits per heavy atom. The fraction of sp³-hybridized carbons (Fsp3) is 0.263. The van der Waals surface area contributed by atoms with Gasteiger partial charge in [0, 0.05) is 25.5 Å². The number of hydrogen-bond acceptors (Lipinski definition) is 3. The molecule has 0 bridgehead atoms. The number of aryl methyl sites for hydroxylation is 2. The maximum Gasteiger partial charge on any atom is 0.251 e. The number of para-hydroxylation sites is 1. The van der Waals surface area contributed by atoms with E-state index in [9.17, 15) is 9.59 Å². The van der Waals surface area contributed by atoms with Crippen LogP contribution in [0.15, 0.2) is 42.5 Å². The number of rotatable bonds is 6. The highest BCUT2D eigenvalue weighted by Crippen LogP contribution is 2.23. The predicted molar refractivity (Wildman–Crippen MR) is 97.3 cm³/mol. The second kappa shape index (κ2) is 7.64. The third kappa shape index (κ3) is 3.93. The first kappa shape index (κ1) is 17.5. The molecule has 0 spiro atoms. The van der Waals surface area contributed by atoms with E-state index in [2.05, 4.69) is 10.6 Å². The number of benzene rings is 2. The third-order valence-electron chi connectivity index (χ3n) is 3.97. The Labute approximate surface area is 142 Å². The molecular formula is C19H23N3O2. The van der Waals surface area contributed by atoms with Crippen molar-refractivity contribution < 1.29 is 9.59 Å². The summed E-state index contributed by atoms with van der Waals surface area (Å²) in [4.78, 5) is 25.6. The molecule has 0 saturated heterocycles. The van der Waals surface area contributed by atoms with Gasteiger partial charge < -0.3 is 15.5 Å². The van der Waals surface area contributed by atoms with Gasteiger partial charge in [-0.1, -0.05) is 30.3 Å². The molecule has 2 aromatic carbocycles. The maximum absolute atomic E-state index is 12.7. The van der Waals surface area contributed by atoms with Crippen LogP contribution in [-0.2, 0) is 9.59 Å². The van der Waals surface area contributed by atoms with E-state index in [4.69, 9.17) is 0 Å². The molecule has 5 nitrogen and oxygen atoms in total. The number of amides is 2. The fourth-order valence-corrected chi connectivity index (χ4v) is 2.56. The van der Waals surface area contributed by atoms with Crippen molar-refractivity contribution in [1.29, 1.82) is 0 Å². The Hall–Kier alpha value is -2.82. The van der Waals surface area contributed by atoms with Gasteiger partial charge in [0.15, 0.2) is 0 Å². The minimum absolute atomic E-state index is 0.267. The monoisotopic (exact) mass is 325 g/mol. The summed E-state index contributed by atoms with van der Waals surface area (Å²) < 4.78 is 0. The summed E-state index contributed by atoms with van der Waals surface area (Å²) in [6.45, 7) is 3.88. The number of anilines is 2. The SMILES string of the molecule is Cc1cccc(C)c1NC(=O)[C@H](NC=O)c1ccc(N(C)C)cc1. The van der Waals surface area contributed by atoms with E-state index >= 15 is 0 Å². The van der Waals surface area contributed by atoms with E-state index in [1.165, 1.54) is 0 Å². The topological polar surface area (TPSA) is 61.4 Å². The highest BCUT2D eigenvalue weighted by Gasteiger charge is 2.21. The molecule has 0 aromatic heterocycles. The van der Waals surface area contributed by atoms with Crippen LogP contribution in [-0.4, -0.2) is 26.4 Å². The van der Waals surface area contributed by atoms with Crippen LogP contribution >= 0.6 is 0 Å². The molecule has 0 radical (unpaired) electrons. The summed E-state index contributed by atoms with van der Waals surface area (Å²) in [5, 5.41) is 5.53. The van der Waals surface area contributed by atoms with Crippen LogP contribution in [0.25, 0.3) is 0 Å². The molecular weight excluding hydrogens is 302 g/mol. The van der Waals surface area contributed by atoms with Gasteiger partial charge in [-0.25, -0.2) is 0 Å². The number of nitrogens with one attached hydrogen (secondary N) is 2. The Morgan fingerprint density at radius 3 is 2.12 bits per heavy atom. The van der Waals surface area contributed by atoms with Crippen molar-refractivity contribution in [2.45, 2.75) is 19.9 Å². The number of carbonyl (C=O) groups is 2. The zero-order chi connectivity index (χ0) is 17.7. The van der Waals surface area contributed by atoms with Gasteiger partial charge in [-0.15, -0.1) is 0 Å². The average Bonchev–Trinajstić information content (AvgIpc) is 2.56. The van der Waals surface area contributed by atoms with Crippen LogP contribution < -0.4 is 15.5 Å². The Kier molecular flexibility index (Phi) is 5.58. The maximum atomic E-state index is 12.7. The summed E-state index contributed by atoms with van der Waals surface area (Å²) in [6, 6.07) is 12.6. The molecule has 24 heavy (non-hydrogen) atoms. The normalized spacial score (nSPS) is 11.5. The van der Waals surface area contributed by atoms with E-state index in [0.29, 0.717) is 6.41 Å². The summed E-state index contributed by atoms with van der Waals surface area (Å²) >= 11 is 0. The van der Waals surface area contributed by atoms with Gasteiger partial charge in [0.05, 0.1) is 0 Å². The van der Waals surface area contributed by atoms with Crippen molar-refractivity contribution in [1.82, 2.24) is 5.32 Å². The number of hydrogen-bond donors (Lipinski definition) is 2. The number of carbonyl (C=O) groups excluding carboxylic acids is 2. The minimum Gasteiger partial charge on any atom is -0.378 e. The van der Waals surface area contributed by atoms with Gasteiger partial charge >= 0.3 is 0 Å². The lowest BCUT2D eigenvalue weighted by Crippen LogP contribution is -2.32. The van der Waals surface area contributed by atoms with E-state index in [0.717, 1.165) is 28.1 Å². The molecule has 0 aliphatic heterocycles. The highest BCUT2D eigenvalue weighted by atomic mass is 16.2. The Bertz CT molecular complexity index is 704. The van der Waals surface area contributed by atoms with Crippen LogP contribution in [0.2, 0.25) is 0 Å². The summed E-state index contributed by atoms with van der Waals surface area (Å²) in [7, 11) is 3.90. The van der Waals surface area contributed by atoms with Crippen LogP contribution in [0.3, 0.4) is 0 Å². The first-order chi connectivity index (χ1) is 11.4. The average molecular weight is 325 g/mol. The lowest BCUT2D eigenvalue weighted by molar-refractivity contribution is -0.121. The second-order valence-corrected chi connectivity index (χ2v) is 5.96. The van der Waals surface area contributed by atoms with Crippen LogP contribution in [0, 0.1) is 13.8 Å². The zero-order valence-corrected chi connectivity index (χ0v) is 14.5. The van der Waals surface area contributed by atoms with Gasteiger partial charge in [-0.3, -0.25) is 9.59 Å². The molecule has 0 aliphatic carbocycles. The summed E-state index contributed by atoms with van der Waals surface area (Å²) in [5.41, 5.74) is 4.51. The molecule has 0 heterocycles. The molecule has 5 heteroatoms. The Balaban J connectivity index is 2.26. The van der Waals surface area contributed by atoms with Crippen molar-refractivity contribution in [3.8, 4) is 0 Å². The van der Waals surface area contributed by atoms with Crippen molar-refractivity contribution in [2.75, 3.05) is 24.3 Å². The van der Waals surface area contributed by atoms with Crippen molar-refractivity contribution in [3.05, 3.63) is 59.2 Å². The van der Waals surface area contributed by atoms with Crippen molar-refractivity contribution in [2.24, 2.45) is 0 Å². The second-order valence-electron chi connectivity index (χ2n) is 5.96. The molecule has 0 aliphatic rings. The molecule has 0 unspecified atom stereocenters. The number of nitrogens with zero attached hydrogens (tertiary/aromatic N) is 1. The van der Waals surface area contributed by atoms with E-state index in [1.807, 2.05) is 75.3 Å². The summed E-state index contributed by atoms with van der Waals surface area (Å²) in [6.07, 6.45) is 0.550. The van der Waals surface area contributed by atoms with Crippen molar-refractivity contribution >= 4 is 23.7 Å². The quantitative estimate of drug-likeness (QED) is 0.803. The van der Waals surface area contributed by atoms with Gasteiger partial charge in [0.1, 0.15) is 6.04 Å². The van der Waals surface area contributed by atoms with E-state index < -0.39 is 6.04 Å². The van der Waals surface area contributed by atoms with E-state index in [1.54, 1.807) is 0 Å². The van der Waals surface area contributed by atoms with Gasteiger partial charge in [-0.05, 0) is 42.7 Å². The molecule has 2 N–H and O–H groups in total. The summed E-state index contributed by atoms with van der Waals surface area (Å²) in [5.74, 6) is -0.267.